The highest BCUT2D eigenvalue weighted by molar-refractivity contribution is 5.83. The molecule has 15 heavy (non-hydrogen) atoms. The number of primary amides is 1. The fourth-order valence-electron chi connectivity index (χ4n) is 1.82. The van der Waals surface area contributed by atoms with E-state index in [4.69, 9.17) is 11.5 Å². The van der Waals surface area contributed by atoms with Gasteiger partial charge in [0.25, 0.3) is 0 Å². The van der Waals surface area contributed by atoms with Crippen molar-refractivity contribution in [1.29, 1.82) is 0 Å². The number of nitrogens with two attached hydrogens (primary N) is 2. The molecule has 1 rings (SSSR count). The van der Waals surface area contributed by atoms with Crippen LogP contribution in [0.25, 0.3) is 0 Å². The van der Waals surface area contributed by atoms with Gasteiger partial charge in [-0.2, -0.15) is 0 Å². The van der Waals surface area contributed by atoms with Crippen molar-refractivity contribution in [2.45, 2.75) is 32.2 Å². The SMILES string of the molecule is CC[C@H](N)C(=O)N1CCCC(C(N)=O)C1. The summed E-state index contributed by atoms with van der Waals surface area (Å²) < 4.78 is 0. The van der Waals surface area contributed by atoms with Gasteiger partial charge in [-0.15, -0.1) is 0 Å². The predicted molar refractivity (Wildman–Crippen MR) is 56.8 cm³/mol. The van der Waals surface area contributed by atoms with E-state index in [1.165, 1.54) is 0 Å². The summed E-state index contributed by atoms with van der Waals surface area (Å²) in [5.74, 6) is -0.590. The number of likely N-dealkylation sites (tertiary alicyclic amines) is 1. The van der Waals surface area contributed by atoms with Gasteiger partial charge in [0.05, 0.1) is 12.0 Å². The summed E-state index contributed by atoms with van der Waals surface area (Å²) >= 11 is 0. The topological polar surface area (TPSA) is 89.4 Å². The number of rotatable bonds is 3. The lowest BCUT2D eigenvalue weighted by molar-refractivity contribution is -0.136. The number of piperidine rings is 1. The molecule has 0 aliphatic carbocycles. The molecular weight excluding hydrogens is 194 g/mol. The molecule has 1 unspecified atom stereocenters. The summed E-state index contributed by atoms with van der Waals surface area (Å²) in [6.07, 6.45) is 2.23. The largest absolute Gasteiger partial charge is 0.369 e. The van der Waals surface area contributed by atoms with Gasteiger partial charge in [-0.05, 0) is 19.3 Å². The van der Waals surface area contributed by atoms with Crippen LogP contribution in [-0.2, 0) is 9.59 Å². The average molecular weight is 213 g/mol. The van der Waals surface area contributed by atoms with Gasteiger partial charge in [-0.1, -0.05) is 6.92 Å². The molecule has 1 aliphatic rings. The van der Waals surface area contributed by atoms with Crippen LogP contribution in [0.4, 0.5) is 0 Å². The zero-order valence-corrected chi connectivity index (χ0v) is 9.11. The van der Waals surface area contributed by atoms with Crippen molar-refractivity contribution >= 4 is 11.8 Å². The fraction of sp³-hybridized carbons (Fsp3) is 0.800. The highest BCUT2D eigenvalue weighted by Crippen LogP contribution is 2.16. The van der Waals surface area contributed by atoms with E-state index in [1.54, 1.807) is 4.90 Å². The van der Waals surface area contributed by atoms with Crippen LogP contribution in [0.1, 0.15) is 26.2 Å². The van der Waals surface area contributed by atoms with Gasteiger partial charge in [0.2, 0.25) is 11.8 Å². The van der Waals surface area contributed by atoms with Gasteiger partial charge in [0, 0.05) is 13.1 Å². The Hall–Kier alpha value is -1.10. The van der Waals surface area contributed by atoms with Gasteiger partial charge in [-0.25, -0.2) is 0 Å². The van der Waals surface area contributed by atoms with Crippen LogP contribution < -0.4 is 11.5 Å². The van der Waals surface area contributed by atoms with E-state index in [1.807, 2.05) is 6.92 Å². The lowest BCUT2D eigenvalue weighted by Gasteiger charge is -2.32. The fourth-order valence-corrected chi connectivity index (χ4v) is 1.82. The van der Waals surface area contributed by atoms with E-state index >= 15 is 0 Å². The van der Waals surface area contributed by atoms with Crippen LogP contribution in [0, 0.1) is 5.92 Å². The molecular formula is C10H19N3O2. The number of hydrogen-bond acceptors (Lipinski definition) is 3. The molecule has 0 aromatic rings. The Morgan fingerprint density at radius 1 is 1.53 bits per heavy atom. The molecule has 2 atom stereocenters. The maximum absolute atomic E-state index is 11.7. The smallest absolute Gasteiger partial charge is 0.239 e. The van der Waals surface area contributed by atoms with Crippen molar-refractivity contribution < 1.29 is 9.59 Å². The average Bonchev–Trinajstić information content (AvgIpc) is 2.27. The van der Waals surface area contributed by atoms with Crippen LogP contribution in [0.3, 0.4) is 0 Å². The highest BCUT2D eigenvalue weighted by atomic mass is 16.2. The third-order valence-electron chi connectivity index (χ3n) is 2.89. The van der Waals surface area contributed by atoms with Gasteiger partial charge < -0.3 is 16.4 Å². The van der Waals surface area contributed by atoms with E-state index in [9.17, 15) is 9.59 Å². The molecule has 1 saturated heterocycles. The first-order chi connectivity index (χ1) is 7.06. The van der Waals surface area contributed by atoms with Crippen LogP contribution in [0.2, 0.25) is 0 Å². The third-order valence-corrected chi connectivity index (χ3v) is 2.89. The maximum Gasteiger partial charge on any atom is 0.239 e. The minimum Gasteiger partial charge on any atom is -0.369 e. The predicted octanol–water partition coefficient (Wildman–Crippen LogP) is -0.552. The number of nitrogens with zero attached hydrogens (tertiary/aromatic N) is 1. The molecule has 1 aliphatic heterocycles. The van der Waals surface area contributed by atoms with E-state index in [0.717, 1.165) is 12.8 Å². The molecule has 0 aromatic carbocycles. The van der Waals surface area contributed by atoms with Crippen LogP contribution >= 0.6 is 0 Å². The zero-order chi connectivity index (χ0) is 11.4. The van der Waals surface area contributed by atoms with Gasteiger partial charge in [0.1, 0.15) is 0 Å². The Balaban J connectivity index is 2.56. The Kier molecular flexibility index (Phi) is 4.08. The number of carbonyl (C=O) groups is 2. The first-order valence-electron chi connectivity index (χ1n) is 5.40. The first-order valence-corrected chi connectivity index (χ1v) is 5.40. The maximum atomic E-state index is 11.7. The molecule has 5 nitrogen and oxygen atoms in total. The van der Waals surface area contributed by atoms with Gasteiger partial charge in [-0.3, -0.25) is 9.59 Å². The molecule has 86 valence electrons. The molecule has 0 radical (unpaired) electrons. The van der Waals surface area contributed by atoms with Crippen molar-refractivity contribution in [1.82, 2.24) is 4.90 Å². The Morgan fingerprint density at radius 3 is 2.73 bits per heavy atom. The van der Waals surface area contributed by atoms with E-state index < -0.39 is 6.04 Å². The second-order valence-corrected chi connectivity index (χ2v) is 4.04. The quantitative estimate of drug-likeness (QED) is 0.659. The molecule has 0 aromatic heterocycles. The van der Waals surface area contributed by atoms with E-state index in [-0.39, 0.29) is 17.7 Å². The minimum absolute atomic E-state index is 0.0662. The summed E-state index contributed by atoms with van der Waals surface area (Å²) in [4.78, 5) is 24.4. The molecule has 1 heterocycles. The van der Waals surface area contributed by atoms with E-state index in [2.05, 4.69) is 0 Å². The standard InChI is InChI=1S/C10H19N3O2/c1-2-8(11)10(15)13-5-3-4-7(6-13)9(12)14/h7-8H,2-6,11H2,1H3,(H2,12,14)/t7?,8-/m0/s1. The highest BCUT2D eigenvalue weighted by Gasteiger charge is 2.28. The summed E-state index contributed by atoms with van der Waals surface area (Å²) in [6.45, 7) is 3.00. The lowest BCUT2D eigenvalue weighted by atomic mass is 9.97. The Morgan fingerprint density at radius 2 is 2.20 bits per heavy atom. The minimum atomic E-state index is -0.448. The van der Waals surface area contributed by atoms with Crippen LogP contribution in [-0.4, -0.2) is 35.8 Å². The molecule has 2 amide bonds. The van der Waals surface area contributed by atoms with Crippen molar-refractivity contribution in [3.63, 3.8) is 0 Å². The first kappa shape index (κ1) is 12.0. The molecule has 0 spiro atoms. The van der Waals surface area contributed by atoms with Crippen molar-refractivity contribution in [3.05, 3.63) is 0 Å². The second kappa shape index (κ2) is 5.11. The number of hydrogen-bond donors (Lipinski definition) is 2. The molecule has 1 fully saturated rings. The summed E-state index contributed by atoms with van der Waals surface area (Å²) in [7, 11) is 0. The number of carbonyl (C=O) groups excluding carboxylic acids is 2. The summed E-state index contributed by atoms with van der Waals surface area (Å²) in [5, 5.41) is 0. The molecule has 0 bridgehead atoms. The van der Waals surface area contributed by atoms with Crippen LogP contribution in [0.15, 0.2) is 0 Å². The van der Waals surface area contributed by atoms with E-state index in [0.29, 0.717) is 19.5 Å². The van der Waals surface area contributed by atoms with Crippen molar-refractivity contribution in [2.75, 3.05) is 13.1 Å². The van der Waals surface area contributed by atoms with Gasteiger partial charge >= 0.3 is 0 Å². The molecule has 0 saturated carbocycles. The second-order valence-electron chi connectivity index (χ2n) is 4.04. The monoisotopic (exact) mass is 213 g/mol. The normalized spacial score (nSPS) is 23.6. The third kappa shape index (κ3) is 2.92. The van der Waals surface area contributed by atoms with Gasteiger partial charge in [0.15, 0.2) is 0 Å². The van der Waals surface area contributed by atoms with Crippen molar-refractivity contribution in [2.24, 2.45) is 17.4 Å². The lowest BCUT2D eigenvalue weighted by Crippen LogP contribution is -2.49. The zero-order valence-electron chi connectivity index (χ0n) is 9.11. The summed E-state index contributed by atoms with van der Waals surface area (Å²) in [5.41, 5.74) is 10.9. The van der Waals surface area contributed by atoms with Crippen LogP contribution in [0.5, 0.6) is 0 Å². The Labute approximate surface area is 89.8 Å². The molecule has 4 N–H and O–H groups in total. The summed E-state index contributed by atoms with van der Waals surface area (Å²) in [6, 6.07) is -0.448. The number of amides is 2. The van der Waals surface area contributed by atoms with Crippen molar-refractivity contribution in [3.8, 4) is 0 Å². The Bertz CT molecular complexity index is 255. The molecule has 5 heteroatoms.